The molecule has 2 aliphatic rings. The molecule has 7 rings (SSSR count). The third-order valence-electron chi connectivity index (χ3n) is 7.68. The first kappa shape index (κ1) is 23.2. The Balaban J connectivity index is 1.32. The molecule has 4 heteroatoms. The normalized spacial score (nSPS) is 14.4. The summed E-state index contributed by atoms with van der Waals surface area (Å²) in [7, 11) is 0. The van der Waals surface area contributed by atoms with Crippen LogP contribution in [0.15, 0.2) is 110 Å². The second-order valence-corrected chi connectivity index (χ2v) is 10.4. The monoisotopic (exact) mass is 506 g/mol. The predicted octanol–water partition coefficient (Wildman–Crippen LogP) is 9.26. The van der Waals surface area contributed by atoms with Gasteiger partial charge in [0.2, 0.25) is 0 Å². The van der Waals surface area contributed by atoms with E-state index in [1.54, 1.807) is 12.2 Å². The summed E-state index contributed by atoms with van der Waals surface area (Å²) >= 11 is 0. The molecule has 4 aromatic carbocycles. The van der Waals surface area contributed by atoms with Crippen molar-refractivity contribution in [1.82, 2.24) is 9.97 Å². The van der Waals surface area contributed by atoms with E-state index in [9.17, 15) is 0 Å². The highest BCUT2D eigenvalue weighted by Gasteiger charge is 2.37. The van der Waals surface area contributed by atoms with Crippen LogP contribution < -0.4 is 9.47 Å². The zero-order chi connectivity index (χ0) is 26.7. The Morgan fingerprint density at radius 2 is 1.49 bits per heavy atom. The van der Waals surface area contributed by atoms with Crippen molar-refractivity contribution in [3.05, 3.63) is 127 Å². The summed E-state index contributed by atoms with van der Waals surface area (Å²) in [4.78, 5) is 9.82. The summed E-state index contributed by atoms with van der Waals surface area (Å²) in [5, 5.41) is 0.956. The van der Waals surface area contributed by atoms with Crippen molar-refractivity contribution in [2.45, 2.75) is 19.3 Å². The van der Waals surface area contributed by atoms with Gasteiger partial charge in [0.25, 0.3) is 0 Å². The first-order valence-corrected chi connectivity index (χ1v) is 13.0. The standard InChI is InChI=1S/C35H26N2O2/c1-5-11-21(6-2)33-24-13-8-10-15-28(24)36-34(37-33)22-16-17-29-30(18-22)39-31-19-25-23-12-7-9-14-26(23)35(3,4)27(25)20-32(31)38-29/h5-20H,1-2H2,3-4H3/b21-11+. The van der Waals surface area contributed by atoms with E-state index in [0.717, 1.165) is 33.5 Å². The molecule has 0 atom stereocenters. The number of para-hydroxylation sites is 1. The van der Waals surface area contributed by atoms with E-state index in [-0.39, 0.29) is 5.41 Å². The fraction of sp³-hybridized carbons (Fsp3) is 0.0857. The van der Waals surface area contributed by atoms with Gasteiger partial charge < -0.3 is 9.47 Å². The molecule has 1 aliphatic heterocycles. The molecular formula is C35H26N2O2. The van der Waals surface area contributed by atoms with E-state index in [4.69, 9.17) is 19.4 Å². The predicted molar refractivity (Wildman–Crippen MR) is 157 cm³/mol. The van der Waals surface area contributed by atoms with E-state index in [1.165, 1.54) is 22.3 Å². The smallest absolute Gasteiger partial charge is 0.170 e. The number of ether oxygens (including phenoxy) is 2. The molecule has 4 nitrogen and oxygen atoms in total. The minimum atomic E-state index is -0.107. The van der Waals surface area contributed by atoms with Gasteiger partial charge in [-0.15, -0.1) is 0 Å². The van der Waals surface area contributed by atoms with Crippen molar-refractivity contribution in [2.75, 3.05) is 0 Å². The van der Waals surface area contributed by atoms with E-state index in [0.29, 0.717) is 23.1 Å². The van der Waals surface area contributed by atoms with Crippen molar-refractivity contribution in [3.8, 4) is 45.5 Å². The Morgan fingerprint density at radius 3 is 2.33 bits per heavy atom. The zero-order valence-corrected chi connectivity index (χ0v) is 21.9. The lowest BCUT2D eigenvalue weighted by Gasteiger charge is -2.25. The Morgan fingerprint density at radius 1 is 0.744 bits per heavy atom. The van der Waals surface area contributed by atoms with Crippen LogP contribution in [0.4, 0.5) is 0 Å². The van der Waals surface area contributed by atoms with Crippen molar-refractivity contribution in [1.29, 1.82) is 0 Å². The maximum Gasteiger partial charge on any atom is 0.170 e. The third kappa shape index (κ3) is 3.52. The van der Waals surface area contributed by atoms with E-state index in [1.807, 2.05) is 48.5 Å². The SMILES string of the molecule is C=C/C=C(\C=C)c1nc(-c2ccc3c(c2)Oc2cc4c(cc2O3)C(C)(C)c2ccccc2-4)nc2ccccc12. The van der Waals surface area contributed by atoms with Crippen LogP contribution >= 0.6 is 0 Å². The van der Waals surface area contributed by atoms with Crippen molar-refractivity contribution >= 4 is 16.5 Å². The maximum absolute atomic E-state index is 6.45. The number of benzene rings is 4. The molecule has 0 unspecified atom stereocenters. The highest BCUT2D eigenvalue weighted by Crippen LogP contribution is 2.55. The third-order valence-corrected chi connectivity index (χ3v) is 7.68. The number of aromatic nitrogens is 2. The molecule has 2 heterocycles. The Kier molecular flexibility index (Phi) is 5.07. The average molecular weight is 507 g/mol. The number of hydrogen-bond acceptors (Lipinski definition) is 4. The van der Waals surface area contributed by atoms with Gasteiger partial charge in [-0.25, -0.2) is 9.97 Å². The van der Waals surface area contributed by atoms with Crippen LogP contribution in [0.2, 0.25) is 0 Å². The van der Waals surface area contributed by atoms with Gasteiger partial charge in [-0.05, 0) is 58.7 Å². The van der Waals surface area contributed by atoms with Gasteiger partial charge >= 0.3 is 0 Å². The highest BCUT2D eigenvalue weighted by molar-refractivity contribution is 5.93. The van der Waals surface area contributed by atoms with Crippen molar-refractivity contribution in [2.24, 2.45) is 0 Å². The number of fused-ring (bicyclic) bond motifs is 6. The van der Waals surface area contributed by atoms with E-state index >= 15 is 0 Å². The molecule has 188 valence electrons. The molecule has 0 N–H and O–H groups in total. The van der Waals surface area contributed by atoms with Gasteiger partial charge in [0.05, 0.1) is 11.2 Å². The summed E-state index contributed by atoms with van der Waals surface area (Å²) in [6.45, 7) is 12.3. The molecule has 39 heavy (non-hydrogen) atoms. The molecule has 5 aromatic rings. The number of allylic oxidation sites excluding steroid dienone is 4. The largest absolute Gasteiger partial charge is 0.450 e. The van der Waals surface area contributed by atoms with Gasteiger partial charge in [0.1, 0.15) is 0 Å². The quantitative estimate of drug-likeness (QED) is 0.224. The highest BCUT2D eigenvalue weighted by atomic mass is 16.6. The summed E-state index contributed by atoms with van der Waals surface area (Å²) in [6, 6.07) is 26.6. The minimum absolute atomic E-state index is 0.107. The fourth-order valence-electron chi connectivity index (χ4n) is 5.71. The minimum Gasteiger partial charge on any atom is -0.450 e. The van der Waals surface area contributed by atoms with Crippen molar-refractivity contribution in [3.63, 3.8) is 0 Å². The molecular weight excluding hydrogens is 480 g/mol. The average Bonchev–Trinajstić information content (AvgIpc) is 3.18. The van der Waals surface area contributed by atoms with Crippen LogP contribution in [0.25, 0.3) is 39.0 Å². The number of nitrogens with zero attached hydrogens (tertiary/aromatic N) is 2. The summed E-state index contributed by atoms with van der Waals surface area (Å²) in [6.07, 6.45) is 5.44. The molecule has 0 bridgehead atoms. The molecule has 0 amide bonds. The number of rotatable bonds is 4. The molecule has 1 aromatic heterocycles. The zero-order valence-electron chi connectivity index (χ0n) is 21.9. The van der Waals surface area contributed by atoms with Gasteiger partial charge in [0.15, 0.2) is 28.8 Å². The first-order valence-electron chi connectivity index (χ1n) is 13.0. The molecule has 0 fully saturated rings. The lowest BCUT2D eigenvalue weighted by molar-refractivity contribution is 0.359. The Labute approximate surface area is 227 Å². The fourth-order valence-corrected chi connectivity index (χ4v) is 5.71. The van der Waals surface area contributed by atoms with Crippen molar-refractivity contribution < 1.29 is 9.47 Å². The molecule has 0 radical (unpaired) electrons. The van der Waals surface area contributed by atoms with E-state index < -0.39 is 0 Å². The van der Waals surface area contributed by atoms with Crippen LogP contribution in [-0.4, -0.2) is 9.97 Å². The van der Waals surface area contributed by atoms with Crippen LogP contribution in [0.3, 0.4) is 0 Å². The number of hydrogen-bond donors (Lipinski definition) is 0. The van der Waals surface area contributed by atoms with Crippen LogP contribution in [-0.2, 0) is 5.41 Å². The van der Waals surface area contributed by atoms with E-state index in [2.05, 4.69) is 63.4 Å². The van der Waals surface area contributed by atoms with Gasteiger partial charge in [-0.1, -0.05) is 87.7 Å². The first-order chi connectivity index (χ1) is 19.0. The second-order valence-electron chi connectivity index (χ2n) is 10.4. The summed E-state index contributed by atoms with van der Waals surface area (Å²) in [5.41, 5.74) is 8.26. The van der Waals surface area contributed by atoms with Gasteiger partial charge in [-0.3, -0.25) is 0 Å². The molecule has 1 aliphatic carbocycles. The van der Waals surface area contributed by atoms with Crippen LogP contribution in [0.5, 0.6) is 23.0 Å². The van der Waals surface area contributed by atoms with Gasteiger partial charge in [0, 0.05) is 21.9 Å². The summed E-state index contributed by atoms with van der Waals surface area (Å²) < 4.78 is 12.8. The van der Waals surface area contributed by atoms with Crippen LogP contribution in [0.1, 0.15) is 30.7 Å². The van der Waals surface area contributed by atoms with Crippen LogP contribution in [0, 0.1) is 0 Å². The lowest BCUT2D eigenvalue weighted by Crippen LogP contribution is -2.15. The molecule has 0 saturated heterocycles. The molecule has 0 saturated carbocycles. The second kappa shape index (κ2) is 8.53. The molecule has 0 spiro atoms. The summed E-state index contributed by atoms with van der Waals surface area (Å²) in [5.74, 6) is 3.33. The Hall–Kier alpha value is -4.96. The van der Waals surface area contributed by atoms with Gasteiger partial charge in [-0.2, -0.15) is 0 Å². The maximum atomic E-state index is 6.45. The topological polar surface area (TPSA) is 44.2 Å². The lowest BCUT2D eigenvalue weighted by atomic mass is 9.82. The Bertz CT molecular complexity index is 1880.